The molecule has 0 aliphatic heterocycles. The summed E-state index contributed by atoms with van der Waals surface area (Å²) in [5.41, 5.74) is 1.81. The maximum Gasteiger partial charge on any atom is 0.337 e. The number of hydrogen-bond acceptors (Lipinski definition) is 6. The average molecular weight is 357 g/mol. The van der Waals surface area contributed by atoms with E-state index in [2.05, 4.69) is 15.4 Å². The van der Waals surface area contributed by atoms with E-state index >= 15 is 0 Å². The summed E-state index contributed by atoms with van der Waals surface area (Å²) in [6.45, 7) is 0.562. The minimum absolute atomic E-state index is 0.0353. The first-order chi connectivity index (χ1) is 12.5. The molecule has 8 heteroatoms. The summed E-state index contributed by atoms with van der Waals surface area (Å²) >= 11 is 0. The number of nitro groups is 1. The highest BCUT2D eigenvalue weighted by atomic mass is 16.6. The van der Waals surface area contributed by atoms with Gasteiger partial charge in [-0.2, -0.15) is 0 Å². The molecule has 0 aromatic heterocycles. The van der Waals surface area contributed by atoms with Gasteiger partial charge in [-0.05, 0) is 42.8 Å². The Labute approximate surface area is 150 Å². The summed E-state index contributed by atoms with van der Waals surface area (Å²) in [5.74, 6) is -0.568. The summed E-state index contributed by atoms with van der Waals surface area (Å²) in [5, 5.41) is 16.4. The Morgan fingerprint density at radius 3 is 2.23 bits per heavy atom. The number of carbonyl (C=O) groups excluding carboxylic acids is 2. The van der Waals surface area contributed by atoms with Crippen LogP contribution in [0.3, 0.4) is 0 Å². The molecule has 0 heterocycles. The van der Waals surface area contributed by atoms with Crippen molar-refractivity contribution in [2.24, 2.45) is 0 Å². The minimum atomic E-state index is -0.453. The highest BCUT2D eigenvalue weighted by molar-refractivity contribution is 5.93. The fourth-order valence-electron chi connectivity index (χ4n) is 2.21. The van der Waals surface area contributed by atoms with Crippen LogP contribution in [-0.4, -0.2) is 30.5 Å². The van der Waals surface area contributed by atoms with Crippen LogP contribution in [0.2, 0.25) is 0 Å². The van der Waals surface area contributed by atoms with E-state index in [4.69, 9.17) is 0 Å². The Kier molecular flexibility index (Phi) is 6.67. The number of nitrogens with zero attached hydrogens (tertiary/aromatic N) is 1. The summed E-state index contributed by atoms with van der Waals surface area (Å²) in [7, 11) is 1.31. The first kappa shape index (κ1) is 18.9. The van der Waals surface area contributed by atoms with Crippen LogP contribution in [-0.2, 0) is 9.53 Å². The number of ether oxygens (including phenoxy) is 1. The van der Waals surface area contributed by atoms with E-state index in [9.17, 15) is 19.7 Å². The van der Waals surface area contributed by atoms with Crippen molar-refractivity contribution >= 4 is 28.9 Å². The standard InChI is InChI=1S/C18H19N3O5/c1-26-18(23)13-4-6-15(7-5-13)20-17(22)3-2-12-19-14-8-10-16(11-9-14)21(24)25/h4-11,19H,2-3,12H2,1H3,(H,20,22). The molecule has 2 aromatic carbocycles. The molecule has 0 saturated carbocycles. The lowest BCUT2D eigenvalue weighted by Crippen LogP contribution is -2.13. The number of nitro benzene ring substituents is 1. The van der Waals surface area contributed by atoms with Gasteiger partial charge in [-0.1, -0.05) is 0 Å². The number of nitrogens with one attached hydrogen (secondary N) is 2. The molecule has 0 fully saturated rings. The molecular formula is C18H19N3O5. The first-order valence-corrected chi connectivity index (χ1v) is 7.96. The van der Waals surface area contributed by atoms with Gasteiger partial charge in [0.1, 0.15) is 0 Å². The molecule has 0 radical (unpaired) electrons. The van der Waals surface area contributed by atoms with E-state index < -0.39 is 10.9 Å². The van der Waals surface area contributed by atoms with E-state index in [1.807, 2.05) is 0 Å². The van der Waals surface area contributed by atoms with E-state index in [1.165, 1.54) is 19.2 Å². The Hall–Kier alpha value is -3.42. The SMILES string of the molecule is COC(=O)c1ccc(NC(=O)CCCNc2ccc([N+](=O)[O-])cc2)cc1. The molecule has 2 N–H and O–H groups in total. The summed E-state index contributed by atoms with van der Waals surface area (Å²) in [6, 6.07) is 12.5. The number of esters is 1. The topological polar surface area (TPSA) is 111 Å². The molecule has 136 valence electrons. The predicted molar refractivity (Wildman–Crippen MR) is 97.2 cm³/mol. The summed E-state index contributed by atoms with van der Waals surface area (Å²) < 4.78 is 4.61. The van der Waals surface area contributed by atoms with Crippen molar-refractivity contribution in [3.63, 3.8) is 0 Å². The lowest BCUT2D eigenvalue weighted by molar-refractivity contribution is -0.384. The van der Waals surface area contributed by atoms with E-state index in [1.54, 1.807) is 36.4 Å². The molecule has 2 rings (SSSR count). The quantitative estimate of drug-likeness (QED) is 0.325. The van der Waals surface area contributed by atoms with E-state index in [0.717, 1.165) is 5.69 Å². The molecule has 0 aliphatic carbocycles. The third kappa shape index (κ3) is 5.59. The van der Waals surface area contributed by atoms with E-state index in [-0.39, 0.29) is 11.6 Å². The van der Waals surface area contributed by atoms with Crippen LogP contribution in [0.25, 0.3) is 0 Å². The number of hydrogen-bond donors (Lipinski definition) is 2. The summed E-state index contributed by atoms with van der Waals surface area (Å²) in [4.78, 5) is 33.4. The fraction of sp³-hybridized carbons (Fsp3) is 0.222. The van der Waals surface area contributed by atoms with Crippen molar-refractivity contribution in [2.45, 2.75) is 12.8 Å². The molecule has 1 amide bonds. The highest BCUT2D eigenvalue weighted by Crippen LogP contribution is 2.15. The minimum Gasteiger partial charge on any atom is -0.465 e. The van der Waals surface area contributed by atoms with Gasteiger partial charge in [-0.25, -0.2) is 4.79 Å². The number of methoxy groups -OCH3 is 1. The van der Waals surface area contributed by atoms with Gasteiger partial charge in [0.15, 0.2) is 0 Å². The number of benzene rings is 2. The first-order valence-electron chi connectivity index (χ1n) is 7.96. The number of rotatable bonds is 8. The number of amides is 1. The smallest absolute Gasteiger partial charge is 0.337 e. The Balaban J connectivity index is 1.71. The zero-order valence-corrected chi connectivity index (χ0v) is 14.2. The summed E-state index contributed by atoms with van der Waals surface area (Å²) in [6.07, 6.45) is 0.918. The maximum absolute atomic E-state index is 11.9. The van der Waals surface area contributed by atoms with Crippen LogP contribution in [0.15, 0.2) is 48.5 Å². The number of carbonyl (C=O) groups is 2. The lowest BCUT2D eigenvalue weighted by atomic mass is 10.2. The molecule has 0 saturated heterocycles. The van der Waals surface area contributed by atoms with Crippen LogP contribution >= 0.6 is 0 Å². The second-order valence-corrected chi connectivity index (χ2v) is 5.45. The molecule has 0 bridgehead atoms. The third-order valence-electron chi connectivity index (χ3n) is 3.58. The molecule has 0 unspecified atom stereocenters. The van der Waals surface area contributed by atoms with Gasteiger partial charge in [-0.15, -0.1) is 0 Å². The third-order valence-corrected chi connectivity index (χ3v) is 3.58. The second-order valence-electron chi connectivity index (χ2n) is 5.45. The molecule has 26 heavy (non-hydrogen) atoms. The molecule has 8 nitrogen and oxygen atoms in total. The largest absolute Gasteiger partial charge is 0.465 e. The molecular weight excluding hydrogens is 338 g/mol. The van der Waals surface area contributed by atoms with Gasteiger partial charge < -0.3 is 15.4 Å². The van der Waals surface area contributed by atoms with Gasteiger partial charge in [0.25, 0.3) is 5.69 Å². The predicted octanol–water partition coefficient (Wildman–Crippen LogP) is 3.21. The fourth-order valence-corrected chi connectivity index (χ4v) is 2.21. The molecule has 0 atom stereocenters. The van der Waals surface area contributed by atoms with Crippen LogP contribution in [0.1, 0.15) is 23.2 Å². The Morgan fingerprint density at radius 1 is 1.04 bits per heavy atom. The number of anilines is 2. The zero-order chi connectivity index (χ0) is 18.9. The highest BCUT2D eigenvalue weighted by Gasteiger charge is 2.07. The van der Waals surface area contributed by atoms with Gasteiger partial charge in [0, 0.05) is 36.5 Å². The van der Waals surface area contributed by atoms with Crippen molar-refractivity contribution in [1.82, 2.24) is 0 Å². The lowest BCUT2D eigenvalue weighted by Gasteiger charge is -2.08. The number of non-ortho nitro benzene ring substituents is 1. The van der Waals surface area contributed by atoms with Crippen LogP contribution in [0.4, 0.5) is 17.1 Å². The van der Waals surface area contributed by atoms with Crippen LogP contribution in [0.5, 0.6) is 0 Å². The van der Waals surface area contributed by atoms with Crippen LogP contribution < -0.4 is 10.6 Å². The van der Waals surface area contributed by atoms with Crippen molar-refractivity contribution in [3.8, 4) is 0 Å². The van der Waals surface area contributed by atoms with E-state index in [0.29, 0.717) is 30.6 Å². The Morgan fingerprint density at radius 2 is 1.65 bits per heavy atom. The molecule has 0 aliphatic rings. The van der Waals surface area contributed by atoms with Gasteiger partial charge in [0.2, 0.25) is 5.91 Å². The van der Waals surface area contributed by atoms with Gasteiger partial charge in [0.05, 0.1) is 17.6 Å². The average Bonchev–Trinajstić information content (AvgIpc) is 2.65. The zero-order valence-electron chi connectivity index (χ0n) is 14.2. The molecule has 2 aromatic rings. The van der Waals surface area contributed by atoms with Crippen molar-refractivity contribution < 1.29 is 19.2 Å². The Bertz CT molecular complexity index is 772. The van der Waals surface area contributed by atoms with Crippen molar-refractivity contribution in [1.29, 1.82) is 0 Å². The maximum atomic E-state index is 11.9. The van der Waals surface area contributed by atoms with Crippen molar-refractivity contribution in [3.05, 3.63) is 64.2 Å². The van der Waals surface area contributed by atoms with Crippen LogP contribution in [0, 0.1) is 10.1 Å². The van der Waals surface area contributed by atoms with Crippen molar-refractivity contribution in [2.75, 3.05) is 24.3 Å². The van der Waals surface area contributed by atoms with Gasteiger partial charge in [-0.3, -0.25) is 14.9 Å². The van der Waals surface area contributed by atoms with Gasteiger partial charge >= 0.3 is 5.97 Å². The second kappa shape index (κ2) is 9.16. The normalized spacial score (nSPS) is 10.0. The molecule has 0 spiro atoms. The monoisotopic (exact) mass is 357 g/mol.